The summed E-state index contributed by atoms with van der Waals surface area (Å²) in [5.41, 5.74) is 1.85. The summed E-state index contributed by atoms with van der Waals surface area (Å²) in [6.45, 7) is 7.16. The highest BCUT2D eigenvalue weighted by Gasteiger charge is 2.38. The van der Waals surface area contributed by atoms with Crippen LogP contribution in [-0.4, -0.2) is 13.1 Å². The zero-order valence-corrected chi connectivity index (χ0v) is 12.2. The lowest BCUT2D eigenvalue weighted by molar-refractivity contribution is 0.153. The number of rotatable bonds is 3. The Kier molecular flexibility index (Phi) is 4.11. The summed E-state index contributed by atoms with van der Waals surface area (Å²) in [6, 6.07) is 11.7. The van der Waals surface area contributed by atoms with E-state index in [2.05, 4.69) is 63.5 Å². The molecule has 1 N–H and O–H groups in total. The third-order valence-electron chi connectivity index (χ3n) is 4.91. The van der Waals surface area contributed by atoms with Crippen molar-refractivity contribution in [1.29, 1.82) is 0 Å². The van der Waals surface area contributed by atoms with Gasteiger partial charge in [0, 0.05) is 6.04 Å². The molecule has 0 aliphatic heterocycles. The Hall–Kier alpha value is -0.820. The average molecular weight is 245 g/mol. The van der Waals surface area contributed by atoms with E-state index in [0.29, 0.717) is 11.5 Å². The third-order valence-corrected chi connectivity index (χ3v) is 4.91. The van der Waals surface area contributed by atoms with Crippen LogP contribution in [0.2, 0.25) is 0 Å². The molecule has 100 valence electrons. The van der Waals surface area contributed by atoms with Gasteiger partial charge >= 0.3 is 0 Å². The number of benzene rings is 1. The smallest absolute Gasteiger partial charge is 0.0103 e. The lowest BCUT2D eigenvalue weighted by atomic mass is 9.63. The van der Waals surface area contributed by atoms with Gasteiger partial charge in [0.2, 0.25) is 0 Å². The summed E-state index contributed by atoms with van der Waals surface area (Å²) in [4.78, 5) is 0. The predicted octanol–water partition coefficient (Wildman–Crippen LogP) is 3.99. The first-order valence-electron chi connectivity index (χ1n) is 7.29. The molecule has 2 rings (SSSR count). The summed E-state index contributed by atoms with van der Waals surface area (Å²) in [5, 5.41) is 3.56. The zero-order valence-electron chi connectivity index (χ0n) is 12.2. The minimum absolute atomic E-state index is 0.348. The average Bonchev–Trinajstić information content (AvgIpc) is 2.39. The second-order valence-electron chi connectivity index (χ2n) is 6.47. The van der Waals surface area contributed by atoms with E-state index in [9.17, 15) is 0 Å². The second-order valence-corrected chi connectivity index (χ2v) is 6.47. The summed E-state index contributed by atoms with van der Waals surface area (Å²) in [5.74, 6) is 1.61. The molecule has 1 aliphatic rings. The number of hydrogen-bond acceptors (Lipinski definition) is 1. The molecular weight excluding hydrogens is 218 g/mol. The minimum Gasteiger partial charge on any atom is -0.317 e. The van der Waals surface area contributed by atoms with E-state index < -0.39 is 0 Å². The molecule has 1 heteroatoms. The highest BCUT2D eigenvalue weighted by molar-refractivity contribution is 5.25. The molecule has 3 atom stereocenters. The van der Waals surface area contributed by atoms with E-state index in [1.165, 1.54) is 24.8 Å². The normalized spacial score (nSPS) is 32.7. The zero-order chi connectivity index (χ0) is 13.2. The fourth-order valence-electron chi connectivity index (χ4n) is 3.64. The molecular formula is C17H27N. The maximum absolute atomic E-state index is 3.56. The Balaban J connectivity index is 2.18. The van der Waals surface area contributed by atoms with Gasteiger partial charge in [-0.1, -0.05) is 51.1 Å². The van der Waals surface area contributed by atoms with Crippen molar-refractivity contribution in [3.8, 4) is 0 Å². The molecule has 1 saturated carbocycles. The maximum Gasteiger partial charge on any atom is 0.0103 e. The summed E-state index contributed by atoms with van der Waals surface area (Å²) < 4.78 is 0. The van der Waals surface area contributed by atoms with E-state index >= 15 is 0 Å². The Morgan fingerprint density at radius 1 is 1.22 bits per heavy atom. The van der Waals surface area contributed by atoms with Crippen LogP contribution in [0.4, 0.5) is 0 Å². The SMILES string of the molecule is CNC1CC(C)(c2ccccc2)CCC1C(C)C. The first-order chi connectivity index (χ1) is 8.57. The number of hydrogen-bond donors (Lipinski definition) is 1. The van der Waals surface area contributed by atoms with E-state index in [1.807, 2.05) is 0 Å². The predicted molar refractivity (Wildman–Crippen MR) is 78.8 cm³/mol. The lowest BCUT2D eigenvalue weighted by Crippen LogP contribution is -2.46. The molecule has 3 unspecified atom stereocenters. The minimum atomic E-state index is 0.348. The Bertz CT molecular complexity index is 370. The molecule has 0 radical (unpaired) electrons. The summed E-state index contributed by atoms with van der Waals surface area (Å²) in [6.07, 6.45) is 3.92. The van der Waals surface area contributed by atoms with Crippen molar-refractivity contribution in [2.75, 3.05) is 7.05 Å². The first-order valence-corrected chi connectivity index (χ1v) is 7.29. The van der Waals surface area contributed by atoms with Crippen molar-refractivity contribution in [2.24, 2.45) is 11.8 Å². The Labute approximate surface area is 112 Å². The van der Waals surface area contributed by atoms with Crippen LogP contribution >= 0.6 is 0 Å². The molecule has 0 heterocycles. The lowest BCUT2D eigenvalue weighted by Gasteiger charge is -2.44. The van der Waals surface area contributed by atoms with Crippen LogP contribution in [0.15, 0.2) is 30.3 Å². The van der Waals surface area contributed by atoms with Gasteiger partial charge in [-0.05, 0) is 49.1 Å². The van der Waals surface area contributed by atoms with Crippen LogP contribution in [0.25, 0.3) is 0 Å². The molecule has 1 aromatic rings. The van der Waals surface area contributed by atoms with Gasteiger partial charge in [-0.3, -0.25) is 0 Å². The Morgan fingerprint density at radius 3 is 2.44 bits per heavy atom. The van der Waals surface area contributed by atoms with Gasteiger partial charge in [0.05, 0.1) is 0 Å². The van der Waals surface area contributed by atoms with Crippen LogP contribution in [0.1, 0.15) is 45.6 Å². The van der Waals surface area contributed by atoms with Crippen LogP contribution in [-0.2, 0) is 5.41 Å². The topological polar surface area (TPSA) is 12.0 Å². The van der Waals surface area contributed by atoms with E-state index in [0.717, 1.165) is 11.8 Å². The Morgan fingerprint density at radius 2 is 1.89 bits per heavy atom. The van der Waals surface area contributed by atoms with Gasteiger partial charge in [-0.15, -0.1) is 0 Å². The molecule has 1 nitrogen and oxygen atoms in total. The summed E-state index contributed by atoms with van der Waals surface area (Å²) >= 11 is 0. The highest BCUT2D eigenvalue weighted by atomic mass is 14.9. The number of nitrogens with one attached hydrogen (secondary N) is 1. The quantitative estimate of drug-likeness (QED) is 0.849. The fraction of sp³-hybridized carbons (Fsp3) is 0.647. The standard InChI is InChI=1S/C17H27N/c1-13(2)15-10-11-17(3,12-16(15)18-4)14-8-6-5-7-9-14/h5-9,13,15-16,18H,10-12H2,1-4H3. The molecule has 0 bridgehead atoms. The molecule has 1 fully saturated rings. The first kappa shape index (κ1) is 13.6. The maximum atomic E-state index is 3.56. The van der Waals surface area contributed by atoms with Gasteiger partial charge in [-0.2, -0.15) is 0 Å². The van der Waals surface area contributed by atoms with Crippen LogP contribution in [0.3, 0.4) is 0 Å². The second kappa shape index (κ2) is 5.44. The molecule has 1 aromatic carbocycles. The summed E-state index contributed by atoms with van der Waals surface area (Å²) in [7, 11) is 2.12. The largest absolute Gasteiger partial charge is 0.317 e. The van der Waals surface area contributed by atoms with Crippen molar-refractivity contribution in [3.05, 3.63) is 35.9 Å². The monoisotopic (exact) mass is 245 g/mol. The molecule has 0 aromatic heterocycles. The van der Waals surface area contributed by atoms with E-state index in [1.54, 1.807) is 0 Å². The van der Waals surface area contributed by atoms with Gasteiger partial charge in [0.25, 0.3) is 0 Å². The van der Waals surface area contributed by atoms with Gasteiger partial charge in [0.15, 0.2) is 0 Å². The van der Waals surface area contributed by atoms with Crippen LogP contribution in [0.5, 0.6) is 0 Å². The van der Waals surface area contributed by atoms with Crippen molar-refractivity contribution < 1.29 is 0 Å². The third kappa shape index (κ3) is 2.61. The molecule has 0 saturated heterocycles. The molecule has 0 amide bonds. The van der Waals surface area contributed by atoms with Crippen molar-refractivity contribution in [3.63, 3.8) is 0 Å². The fourth-order valence-corrected chi connectivity index (χ4v) is 3.64. The van der Waals surface area contributed by atoms with Crippen molar-refractivity contribution in [1.82, 2.24) is 5.32 Å². The highest BCUT2D eigenvalue weighted by Crippen LogP contribution is 2.43. The molecule has 0 spiro atoms. The molecule has 1 aliphatic carbocycles. The van der Waals surface area contributed by atoms with Gasteiger partial charge < -0.3 is 5.32 Å². The molecule has 18 heavy (non-hydrogen) atoms. The van der Waals surface area contributed by atoms with Crippen LogP contribution in [0, 0.1) is 11.8 Å². The van der Waals surface area contributed by atoms with E-state index in [-0.39, 0.29) is 0 Å². The van der Waals surface area contributed by atoms with Crippen molar-refractivity contribution >= 4 is 0 Å². The van der Waals surface area contributed by atoms with Gasteiger partial charge in [-0.25, -0.2) is 0 Å². The van der Waals surface area contributed by atoms with E-state index in [4.69, 9.17) is 0 Å². The van der Waals surface area contributed by atoms with Gasteiger partial charge in [0.1, 0.15) is 0 Å². The van der Waals surface area contributed by atoms with Crippen molar-refractivity contribution in [2.45, 2.75) is 51.5 Å². The van der Waals surface area contributed by atoms with Crippen LogP contribution < -0.4 is 5.32 Å².